The minimum Gasteiger partial charge on any atom is -0.463 e. The van der Waals surface area contributed by atoms with Crippen LogP contribution >= 0.6 is 0 Å². The summed E-state index contributed by atoms with van der Waals surface area (Å²) in [5.41, 5.74) is 0. The van der Waals surface area contributed by atoms with Gasteiger partial charge in [-0.25, -0.2) is 0 Å². The van der Waals surface area contributed by atoms with Gasteiger partial charge in [0.25, 0.3) is 0 Å². The van der Waals surface area contributed by atoms with Gasteiger partial charge < -0.3 is 20.1 Å². The molecule has 0 radical (unpaired) electrons. The van der Waals surface area contributed by atoms with Gasteiger partial charge in [-0.3, -0.25) is 0 Å². The molecule has 0 unspecified atom stereocenters. The van der Waals surface area contributed by atoms with Gasteiger partial charge in [0.15, 0.2) is 0 Å². The number of ether oxygens (including phenoxy) is 1. The normalized spacial score (nSPS) is 14.2. The fraction of sp³-hybridized carbons (Fsp3) is 0.769. The number of aliphatic hydroxyl groups excluding tert-OH is 1. The first-order valence-electron chi connectivity index (χ1n) is 7.28. The molecule has 2 rings (SSSR count). The van der Waals surface area contributed by atoms with Gasteiger partial charge in [-0.05, 0) is 26.2 Å². The van der Waals surface area contributed by atoms with Crippen LogP contribution in [0.2, 0.25) is 0 Å². The molecule has 0 aliphatic heterocycles. The van der Waals surface area contributed by atoms with Gasteiger partial charge in [0.05, 0.1) is 13.2 Å². The number of nitrogens with one attached hydrogen (secondary N) is 1. The Hall–Kier alpha value is -1.63. The van der Waals surface area contributed by atoms with Crippen molar-refractivity contribution in [1.29, 1.82) is 0 Å². The number of nitrogens with zero attached hydrogens (tertiary/aromatic N) is 4. The summed E-state index contributed by atoms with van der Waals surface area (Å²) >= 11 is 0. The Kier molecular flexibility index (Phi) is 5.34. The lowest BCUT2D eigenvalue weighted by Gasteiger charge is -2.21. The summed E-state index contributed by atoms with van der Waals surface area (Å²) in [6.45, 7) is 5.97. The molecule has 2 N–H and O–H groups in total. The smallest absolute Gasteiger partial charge is 0.323 e. The number of rotatable bonds is 9. The molecule has 7 heteroatoms. The van der Waals surface area contributed by atoms with E-state index in [1.165, 1.54) is 0 Å². The van der Waals surface area contributed by atoms with E-state index in [0.717, 1.165) is 25.8 Å². The minimum atomic E-state index is 0.0872. The van der Waals surface area contributed by atoms with Crippen LogP contribution in [0.5, 0.6) is 6.01 Å². The molecule has 0 atom stereocenters. The highest BCUT2D eigenvalue weighted by atomic mass is 16.5. The topological polar surface area (TPSA) is 83.4 Å². The quantitative estimate of drug-likeness (QED) is 0.700. The van der Waals surface area contributed by atoms with Crippen LogP contribution in [0.3, 0.4) is 0 Å². The summed E-state index contributed by atoms with van der Waals surface area (Å²) < 4.78 is 5.52. The average molecular weight is 281 g/mol. The molecule has 1 aliphatic carbocycles. The van der Waals surface area contributed by atoms with E-state index in [1.54, 1.807) is 0 Å². The Morgan fingerprint density at radius 3 is 2.70 bits per heavy atom. The standard InChI is InChI=1S/C13H23N5O2/c1-3-9-20-13-16-11(14-4-2)15-12(17-13)18(7-8-19)10-5-6-10/h10,19H,3-9H2,1-2H3,(H,14,15,16,17). The lowest BCUT2D eigenvalue weighted by Crippen LogP contribution is -2.31. The van der Waals surface area contributed by atoms with Gasteiger partial charge in [-0.1, -0.05) is 6.92 Å². The molecule has 1 fully saturated rings. The predicted octanol–water partition coefficient (Wildman–Crippen LogP) is 1.05. The number of aromatic nitrogens is 3. The Labute approximate surface area is 119 Å². The molecule has 112 valence electrons. The summed E-state index contributed by atoms with van der Waals surface area (Å²) in [5, 5.41) is 12.3. The molecule has 1 heterocycles. The molecule has 0 amide bonds. The fourth-order valence-electron chi connectivity index (χ4n) is 1.91. The van der Waals surface area contributed by atoms with Crippen LogP contribution in [0.15, 0.2) is 0 Å². The van der Waals surface area contributed by atoms with Crippen LogP contribution in [-0.2, 0) is 0 Å². The third kappa shape index (κ3) is 3.93. The second-order valence-corrected chi connectivity index (χ2v) is 4.77. The predicted molar refractivity (Wildman–Crippen MR) is 77.2 cm³/mol. The third-order valence-corrected chi connectivity index (χ3v) is 2.96. The first-order valence-corrected chi connectivity index (χ1v) is 7.28. The highest BCUT2D eigenvalue weighted by molar-refractivity contribution is 5.40. The van der Waals surface area contributed by atoms with E-state index in [9.17, 15) is 5.11 Å². The van der Waals surface area contributed by atoms with Crippen LogP contribution < -0.4 is 15.0 Å². The first-order chi connectivity index (χ1) is 9.78. The van der Waals surface area contributed by atoms with E-state index in [4.69, 9.17) is 4.74 Å². The van der Waals surface area contributed by atoms with Crippen molar-refractivity contribution in [2.24, 2.45) is 0 Å². The molecule has 1 aromatic heterocycles. The van der Waals surface area contributed by atoms with E-state index in [0.29, 0.717) is 37.1 Å². The van der Waals surface area contributed by atoms with E-state index in [2.05, 4.69) is 20.3 Å². The zero-order valence-electron chi connectivity index (χ0n) is 12.2. The molecule has 1 aliphatic rings. The molecule has 20 heavy (non-hydrogen) atoms. The Morgan fingerprint density at radius 1 is 1.30 bits per heavy atom. The highest BCUT2D eigenvalue weighted by Gasteiger charge is 2.31. The van der Waals surface area contributed by atoms with Gasteiger partial charge in [-0.15, -0.1) is 0 Å². The zero-order valence-corrected chi connectivity index (χ0v) is 12.2. The second kappa shape index (κ2) is 7.23. The fourth-order valence-corrected chi connectivity index (χ4v) is 1.91. The van der Waals surface area contributed by atoms with Crippen molar-refractivity contribution in [3.8, 4) is 6.01 Å². The third-order valence-electron chi connectivity index (χ3n) is 2.96. The summed E-state index contributed by atoms with van der Waals surface area (Å²) in [6, 6.07) is 0.773. The van der Waals surface area contributed by atoms with E-state index in [-0.39, 0.29) is 6.61 Å². The van der Waals surface area contributed by atoms with Crippen LogP contribution in [0.4, 0.5) is 11.9 Å². The van der Waals surface area contributed by atoms with Crippen molar-refractivity contribution in [3.05, 3.63) is 0 Å². The van der Waals surface area contributed by atoms with Crippen molar-refractivity contribution < 1.29 is 9.84 Å². The summed E-state index contributed by atoms with van der Waals surface area (Å²) in [6.07, 6.45) is 3.14. The number of anilines is 2. The Bertz CT molecular complexity index is 425. The maximum atomic E-state index is 9.20. The van der Waals surface area contributed by atoms with E-state index in [1.807, 2.05) is 18.7 Å². The molecule has 7 nitrogen and oxygen atoms in total. The molecule has 1 aromatic rings. The van der Waals surface area contributed by atoms with Crippen molar-refractivity contribution in [2.75, 3.05) is 36.5 Å². The van der Waals surface area contributed by atoms with Crippen molar-refractivity contribution >= 4 is 11.9 Å². The first kappa shape index (κ1) is 14.8. The van der Waals surface area contributed by atoms with E-state index >= 15 is 0 Å². The van der Waals surface area contributed by atoms with Crippen LogP contribution in [-0.4, -0.2) is 52.4 Å². The van der Waals surface area contributed by atoms with Gasteiger partial charge in [0.1, 0.15) is 0 Å². The van der Waals surface area contributed by atoms with Crippen LogP contribution in [0, 0.1) is 0 Å². The van der Waals surface area contributed by atoms with Crippen LogP contribution in [0.25, 0.3) is 0 Å². The van der Waals surface area contributed by atoms with Gasteiger partial charge in [0.2, 0.25) is 11.9 Å². The van der Waals surface area contributed by atoms with Crippen molar-refractivity contribution in [2.45, 2.75) is 39.2 Å². The van der Waals surface area contributed by atoms with Gasteiger partial charge >= 0.3 is 6.01 Å². The average Bonchev–Trinajstić information content (AvgIpc) is 3.27. The SMILES string of the molecule is CCCOc1nc(NCC)nc(N(CCO)C2CC2)n1. The molecule has 1 saturated carbocycles. The lowest BCUT2D eigenvalue weighted by molar-refractivity contribution is 0.289. The molecule has 0 saturated heterocycles. The second-order valence-electron chi connectivity index (χ2n) is 4.77. The highest BCUT2D eigenvalue weighted by Crippen LogP contribution is 2.30. The van der Waals surface area contributed by atoms with E-state index < -0.39 is 0 Å². The van der Waals surface area contributed by atoms with Gasteiger partial charge in [0, 0.05) is 19.1 Å². The van der Waals surface area contributed by atoms with Crippen LogP contribution in [0.1, 0.15) is 33.1 Å². The zero-order chi connectivity index (χ0) is 14.4. The summed E-state index contributed by atoms with van der Waals surface area (Å²) in [7, 11) is 0. The maximum absolute atomic E-state index is 9.20. The maximum Gasteiger partial charge on any atom is 0.323 e. The number of hydrogen-bond donors (Lipinski definition) is 2. The Morgan fingerprint density at radius 2 is 2.10 bits per heavy atom. The minimum absolute atomic E-state index is 0.0872. The summed E-state index contributed by atoms with van der Waals surface area (Å²) in [5.74, 6) is 1.10. The molecule has 0 bridgehead atoms. The summed E-state index contributed by atoms with van der Waals surface area (Å²) in [4.78, 5) is 15.0. The van der Waals surface area contributed by atoms with Crippen molar-refractivity contribution in [3.63, 3.8) is 0 Å². The van der Waals surface area contributed by atoms with Crippen molar-refractivity contribution in [1.82, 2.24) is 15.0 Å². The molecule has 0 spiro atoms. The monoisotopic (exact) mass is 281 g/mol. The lowest BCUT2D eigenvalue weighted by atomic mass is 10.5. The Balaban J connectivity index is 2.21. The number of hydrogen-bond acceptors (Lipinski definition) is 7. The number of aliphatic hydroxyl groups is 1. The molecular weight excluding hydrogens is 258 g/mol. The van der Waals surface area contributed by atoms with Gasteiger partial charge in [-0.2, -0.15) is 15.0 Å². The largest absolute Gasteiger partial charge is 0.463 e. The molecular formula is C13H23N5O2. The molecule has 0 aromatic carbocycles.